The van der Waals surface area contributed by atoms with E-state index in [2.05, 4.69) is 30.5 Å². The van der Waals surface area contributed by atoms with Crippen LogP contribution in [0.25, 0.3) is 55.8 Å². The van der Waals surface area contributed by atoms with Crippen molar-refractivity contribution in [2.45, 2.75) is 32.1 Å². The SMILES string of the molecule is O=C(Nc1cncc(-c2cnc3[nH]nc(-c4nc5c(-c6ccccc6F)cccc5[nH]4)c3c2)c1)C1CCCCC1. The van der Waals surface area contributed by atoms with Gasteiger partial charge in [0, 0.05) is 40.6 Å². The van der Waals surface area contributed by atoms with Crippen LogP contribution in [-0.2, 0) is 4.79 Å². The van der Waals surface area contributed by atoms with Crippen molar-refractivity contribution in [3.8, 4) is 33.8 Å². The molecular formula is C31H26FN7O. The Balaban J connectivity index is 1.23. The average Bonchev–Trinajstić information content (AvgIpc) is 3.62. The number of benzene rings is 2. The highest BCUT2D eigenvalue weighted by atomic mass is 19.1. The summed E-state index contributed by atoms with van der Waals surface area (Å²) in [6, 6.07) is 16.2. The lowest BCUT2D eigenvalue weighted by molar-refractivity contribution is -0.120. The fourth-order valence-corrected chi connectivity index (χ4v) is 5.56. The average molecular weight is 532 g/mol. The standard InChI is InChI=1S/C31H26FN7O/c32-25-11-5-4-9-22(25)23-10-6-12-26-27(23)37-30(36-26)28-24-14-20(16-34-29(24)39-38-28)19-13-21(17-33-15-19)35-31(40)18-7-2-1-3-8-18/h4-6,9-18H,1-3,7-8H2,(H,35,40)(H,36,37)(H,34,38,39). The maximum Gasteiger partial charge on any atom is 0.227 e. The molecule has 2 aromatic carbocycles. The van der Waals surface area contributed by atoms with Gasteiger partial charge in [-0.25, -0.2) is 14.4 Å². The van der Waals surface area contributed by atoms with E-state index in [4.69, 9.17) is 4.98 Å². The van der Waals surface area contributed by atoms with Crippen LogP contribution in [0.5, 0.6) is 0 Å². The number of hydrogen-bond donors (Lipinski definition) is 3. The van der Waals surface area contributed by atoms with E-state index in [1.807, 2.05) is 36.4 Å². The van der Waals surface area contributed by atoms with Gasteiger partial charge in [0.25, 0.3) is 0 Å². The molecule has 1 aliphatic carbocycles. The number of aromatic amines is 2. The molecule has 0 spiro atoms. The number of aromatic nitrogens is 6. The summed E-state index contributed by atoms with van der Waals surface area (Å²) in [5, 5.41) is 11.3. The van der Waals surface area contributed by atoms with Crippen molar-refractivity contribution in [2.24, 2.45) is 5.92 Å². The molecule has 9 heteroatoms. The first kappa shape index (κ1) is 24.1. The van der Waals surface area contributed by atoms with E-state index in [9.17, 15) is 9.18 Å². The second-order valence-electron chi connectivity index (χ2n) is 10.2. The van der Waals surface area contributed by atoms with Gasteiger partial charge in [0.1, 0.15) is 11.5 Å². The molecule has 0 bridgehead atoms. The van der Waals surface area contributed by atoms with Gasteiger partial charge >= 0.3 is 0 Å². The van der Waals surface area contributed by atoms with Crippen molar-refractivity contribution in [1.82, 2.24) is 30.1 Å². The molecule has 3 N–H and O–H groups in total. The molecule has 0 unspecified atom stereocenters. The molecule has 4 aromatic heterocycles. The molecule has 7 rings (SSSR count). The van der Waals surface area contributed by atoms with Crippen molar-refractivity contribution in [1.29, 1.82) is 0 Å². The van der Waals surface area contributed by atoms with Crippen LogP contribution in [0.3, 0.4) is 0 Å². The summed E-state index contributed by atoms with van der Waals surface area (Å²) in [7, 11) is 0. The van der Waals surface area contributed by atoms with Gasteiger partial charge in [-0.3, -0.25) is 14.9 Å². The summed E-state index contributed by atoms with van der Waals surface area (Å²) in [5.74, 6) is 0.371. The lowest BCUT2D eigenvalue weighted by Crippen LogP contribution is -2.24. The normalized spacial score (nSPS) is 14.1. The molecule has 4 heterocycles. The molecule has 0 aliphatic heterocycles. The zero-order chi connectivity index (χ0) is 27.1. The Morgan fingerprint density at radius 3 is 2.62 bits per heavy atom. The minimum Gasteiger partial charge on any atom is -0.337 e. The van der Waals surface area contributed by atoms with Gasteiger partial charge < -0.3 is 10.3 Å². The van der Waals surface area contributed by atoms with E-state index in [1.165, 1.54) is 12.5 Å². The summed E-state index contributed by atoms with van der Waals surface area (Å²) in [6.45, 7) is 0. The highest BCUT2D eigenvalue weighted by molar-refractivity contribution is 5.97. The Kier molecular flexibility index (Phi) is 6.03. The smallest absolute Gasteiger partial charge is 0.227 e. The highest BCUT2D eigenvalue weighted by Gasteiger charge is 2.22. The number of amides is 1. The van der Waals surface area contributed by atoms with E-state index < -0.39 is 0 Å². The fraction of sp³-hybridized carbons (Fsp3) is 0.194. The number of nitrogens with zero attached hydrogens (tertiary/aromatic N) is 4. The third kappa shape index (κ3) is 4.39. The second kappa shape index (κ2) is 10.00. The lowest BCUT2D eigenvalue weighted by atomic mass is 9.88. The van der Waals surface area contributed by atoms with E-state index in [1.54, 1.807) is 30.7 Å². The molecule has 1 fully saturated rings. The Labute approximate surface area is 229 Å². The van der Waals surface area contributed by atoms with Gasteiger partial charge in [-0.15, -0.1) is 0 Å². The number of pyridine rings is 2. The largest absolute Gasteiger partial charge is 0.337 e. The first-order valence-electron chi connectivity index (χ1n) is 13.5. The Hall–Kier alpha value is -4.92. The summed E-state index contributed by atoms with van der Waals surface area (Å²) in [6.07, 6.45) is 10.5. The molecule has 40 heavy (non-hydrogen) atoms. The van der Waals surface area contributed by atoms with E-state index in [0.717, 1.165) is 47.7 Å². The van der Waals surface area contributed by atoms with Crippen LogP contribution in [0.1, 0.15) is 32.1 Å². The zero-order valence-electron chi connectivity index (χ0n) is 21.6. The number of carbonyl (C=O) groups is 1. The Morgan fingerprint density at radius 1 is 0.925 bits per heavy atom. The summed E-state index contributed by atoms with van der Waals surface area (Å²) >= 11 is 0. The van der Waals surface area contributed by atoms with Crippen LogP contribution in [-0.4, -0.2) is 36.0 Å². The monoisotopic (exact) mass is 531 g/mol. The second-order valence-corrected chi connectivity index (χ2v) is 10.2. The predicted octanol–water partition coefficient (Wildman–Crippen LogP) is 6.89. The van der Waals surface area contributed by atoms with Gasteiger partial charge in [-0.1, -0.05) is 49.6 Å². The number of rotatable bonds is 5. The molecule has 8 nitrogen and oxygen atoms in total. The fourth-order valence-electron chi connectivity index (χ4n) is 5.56. The third-order valence-electron chi connectivity index (χ3n) is 7.63. The first-order chi connectivity index (χ1) is 19.6. The van der Waals surface area contributed by atoms with E-state index in [0.29, 0.717) is 39.5 Å². The highest BCUT2D eigenvalue weighted by Crippen LogP contribution is 2.34. The number of imidazole rings is 1. The van der Waals surface area contributed by atoms with Crippen LogP contribution < -0.4 is 5.32 Å². The Bertz CT molecular complexity index is 1870. The van der Waals surface area contributed by atoms with E-state index in [-0.39, 0.29) is 17.6 Å². The van der Waals surface area contributed by atoms with Gasteiger partial charge in [0.15, 0.2) is 11.5 Å². The molecular weight excluding hydrogens is 505 g/mol. The van der Waals surface area contributed by atoms with Crippen molar-refractivity contribution in [3.63, 3.8) is 0 Å². The number of para-hydroxylation sites is 1. The summed E-state index contributed by atoms with van der Waals surface area (Å²) in [4.78, 5) is 29.9. The van der Waals surface area contributed by atoms with Crippen LogP contribution in [0, 0.1) is 11.7 Å². The van der Waals surface area contributed by atoms with Crippen LogP contribution in [0.15, 0.2) is 73.2 Å². The Morgan fingerprint density at radius 2 is 1.75 bits per heavy atom. The quantitative estimate of drug-likeness (QED) is 0.224. The minimum atomic E-state index is -0.301. The first-order valence-corrected chi connectivity index (χ1v) is 13.5. The molecule has 1 amide bonds. The molecule has 0 radical (unpaired) electrons. The van der Waals surface area contributed by atoms with Crippen molar-refractivity contribution < 1.29 is 9.18 Å². The zero-order valence-corrected chi connectivity index (χ0v) is 21.6. The molecule has 0 saturated heterocycles. The number of hydrogen-bond acceptors (Lipinski definition) is 5. The lowest BCUT2D eigenvalue weighted by Gasteiger charge is -2.20. The molecule has 0 atom stereocenters. The van der Waals surface area contributed by atoms with Crippen LogP contribution >= 0.6 is 0 Å². The molecule has 1 saturated carbocycles. The van der Waals surface area contributed by atoms with Crippen molar-refractivity contribution >= 4 is 33.7 Å². The van der Waals surface area contributed by atoms with E-state index >= 15 is 0 Å². The third-order valence-corrected chi connectivity index (χ3v) is 7.63. The summed E-state index contributed by atoms with van der Waals surface area (Å²) in [5.41, 5.74) is 6.18. The number of anilines is 1. The molecule has 1 aliphatic rings. The van der Waals surface area contributed by atoms with Crippen molar-refractivity contribution in [3.05, 3.63) is 79.0 Å². The number of H-pyrrole nitrogens is 2. The van der Waals surface area contributed by atoms with Gasteiger partial charge in [0.05, 0.1) is 28.3 Å². The maximum atomic E-state index is 14.6. The maximum absolute atomic E-state index is 14.6. The predicted molar refractivity (Wildman–Crippen MR) is 153 cm³/mol. The van der Waals surface area contributed by atoms with Gasteiger partial charge in [-0.05, 0) is 37.1 Å². The molecule has 6 aromatic rings. The number of nitrogens with one attached hydrogen (secondary N) is 3. The van der Waals surface area contributed by atoms with Crippen molar-refractivity contribution in [2.75, 3.05) is 5.32 Å². The van der Waals surface area contributed by atoms with Gasteiger partial charge in [0.2, 0.25) is 5.91 Å². The number of carbonyl (C=O) groups excluding carboxylic acids is 1. The number of halogens is 1. The van der Waals surface area contributed by atoms with Gasteiger partial charge in [-0.2, -0.15) is 5.10 Å². The molecule has 198 valence electrons. The van der Waals surface area contributed by atoms with Crippen LogP contribution in [0.4, 0.5) is 10.1 Å². The van der Waals surface area contributed by atoms with Crippen LogP contribution in [0.2, 0.25) is 0 Å². The number of fused-ring (bicyclic) bond motifs is 2. The summed E-state index contributed by atoms with van der Waals surface area (Å²) < 4.78 is 14.6. The topological polar surface area (TPSA) is 112 Å². The minimum absolute atomic E-state index is 0.0592.